The first kappa shape index (κ1) is 26.6. The van der Waals surface area contributed by atoms with Crippen LogP contribution in [0.5, 0.6) is 0 Å². The summed E-state index contributed by atoms with van der Waals surface area (Å²) in [5.74, 6) is 1.33. The van der Waals surface area contributed by atoms with Crippen molar-refractivity contribution in [3.63, 3.8) is 0 Å². The van der Waals surface area contributed by atoms with E-state index in [2.05, 4.69) is 27.1 Å². The summed E-state index contributed by atoms with van der Waals surface area (Å²) >= 11 is 0. The van der Waals surface area contributed by atoms with Crippen LogP contribution in [0.3, 0.4) is 0 Å². The molecule has 1 aliphatic rings. The van der Waals surface area contributed by atoms with Gasteiger partial charge in [0.25, 0.3) is 0 Å². The van der Waals surface area contributed by atoms with Crippen LogP contribution in [0.25, 0.3) is 0 Å². The highest BCUT2D eigenvalue weighted by Crippen LogP contribution is 2.18. The molecule has 1 atom stereocenters. The molecule has 2 aromatic carbocycles. The zero-order valence-corrected chi connectivity index (χ0v) is 21.8. The van der Waals surface area contributed by atoms with E-state index in [-0.39, 0.29) is 28.9 Å². The average molecular weight is 573 g/mol. The van der Waals surface area contributed by atoms with E-state index in [1.165, 1.54) is 12.6 Å². The monoisotopic (exact) mass is 572 g/mol. The van der Waals surface area contributed by atoms with E-state index < -0.39 is 10.0 Å². The molecule has 7 nitrogen and oxygen atoms in total. The molecule has 0 aliphatic carbocycles. The molecule has 2 aromatic rings. The molecule has 32 heavy (non-hydrogen) atoms. The molecule has 1 unspecified atom stereocenters. The Morgan fingerprint density at radius 1 is 1.16 bits per heavy atom. The standard InChI is InChI=1S/C23H32N4O3S.HI/c1-3-25-23(26-15-20-10-7-11-22(14-20)31(28,29)24-2)27-13-12-21(16-27)18-30-17-19-8-5-4-6-9-19;/h4-11,14,21,24H,3,12-13,15-18H2,1-2H3,(H,25,26);1H. The Hall–Kier alpha value is -1.69. The molecule has 0 aromatic heterocycles. The highest BCUT2D eigenvalue weighted by molar-refractivity contribution is 14.0. The van der Waals surface area contributed by atoms with E-state index in [1.807, 2.05) is 31.2 Å². The number of nitrogens with zero attached hydrogens (tertiary/aromatic N) is 2. The summed E-state index contributed by atoms with van der Waals surface area (Å²) < 4.78 is 32.4. The van der Waals surface area contributed by atoms with Crippen molar-refractivity contribution in [1.82, 2.24) is 14.9 Å². The molecule has 1 saturated heterocycles. The van der Waals surface area contributed by atoms with Crippen LogP contribution >= 0.6 is 24.0 Å². The largest absolute Gasteiger partial charge is 0.376 e. The van der Waals surface area contributed by atoms with Crippen LogP contribution in [-0.4, -0.2) is 52.6 Å². The lowest BCUT2D eigenvalue weighted by Crippen LogP contribution is -2.40. The van der Waals surface area contributed by atoms with E-state index in [1.54, 1.807) is 18.2 Å². The van der Waals surface area contributed by atoms with Crippen molar-refractivity contribution in [3.8, 4) is 0 Å². The quantitative estimate of drug-likeness (QED) is 0.274. The zero-order valence-electron chi connectivity index (χ0n) is 18.7. The highest BCUT2D eigenvalue weighted by atomic mass is 127. The molecular formula is C23H33IN4O3S. The van der Waals surface area contributed by atoms with Gasteiger partial charge in [-0.3, -0.25) is 0 Å². The van der Waals surface area contributed by atoms with Gasteiger partial charge in [-0.1, -0.05) is 42.5 Å². The van der Waals surface area contributed by atoms with Gasteiger partial charge in [-0.05, 0) is 43.7 Å². The van der Waals surface area contributed by atoms with Gasteiger partial charge < -0.3 is 15.0 Å². The maximum absolute atomic E-state index is 12.0. The van der Waals surface area contributed by atoms with Crippen LogP contribution in [-0.2, 0) is 27.9 Å². The number of aliphatic imine (C=N–C) groups is 1. The molecule has 2 N–H and O–H groups in total. The Morgan fingerprint density at radius 3 is 2.62 bits per heavy atom. The minimum absolute atomic E-state index is 0. The van der Waals surface area contributed by atoms with Gasteiger partial charge in [-0.25, -0.2) is 18.1 Å². The summed E-state index contributed by atoms with van der Waals surface area (Å²) in [5, 5.41) is 3.36. The Kier molecular flexibility index (Phi) is 10.9. The average Bonchev–Trinajstić information content (AvgIpc) is 3.26. The van der Waals surface area contributed by atoms with Crippen molar-refractivity contribution in [2.24, 2.45) is 10.9 Å². The van der Waals surface area contributed by atoms with E-state index in [0.29, 0.717) is 19.1 Å². The molecule has 3 rings (SSSR count). The van der Waals surface area contributed by atoms with Crippen LogP contribution in [0.4, 0.5) is 0 Å². The molecule has 0 saturated carbocycles. The number of ether oxygens (including phenoxy) is 1. The summed E-state index contributed by atoms with van der Waals surface area (Å²) in [6.07, 6.45) is 1.06. The lowest BCUT2D eigenvalue weighted by Gasteiger charge is -2.21. The van der Waals surface area contributed by atoms with Gasteiger partial charge in [0.1, 0.15) is 0 Å². The number of hydrogen-bond donors (Lipinski definition) is 2. The van der Waals surface area contributed by atoms with Crippen molar-refractivity contribution in [1.29, 1.82) is 0 Å². The number of guanidine groups is 1. The molecule has 0 bridgehead atoms. The first-order chi connectivity index (χ1) is 15.0. The first-order valence-electron chi connectivity index (χ1n) is 10.7. The molecule has 1 heterocycles. The van der Waals surface area contributed by atoms with Crippen LogP contribution in [0.2, 0.25) is 0 Å². The van der Waals surface area contributed by atoms with E-state index in [9.17, 15) is 8.42 Å². The van der Waals surface area contributed by atoms with Gasteiger partial charge in [0, 0.05) is 25.6 Å². The third-order valence-corrected chi connectivity index (χ3v) is 6.69. The van der Waals surface area contributed by atoms with Crippen molar-refractivity contribution in [2.45, 2.75) is 31.4 Å². The van der Waals surface area contributed by atoms with E-state index in [4.69, 9.17) is 9.73 Å². The Bertz CT molecular complexity index is 970. The summed E-state index contributed by atoms with van der Waals surface area (Å²) in [5.41, 5.74) is 2.04. The fraction of sp³-hybridized carbons (Fsp3) is 0.435. The van der Waals surface area contributed by atoms with Crippen LogP contribution in [0, 0.1) is 5.92 Å². The van der Waals surface area contributed by atoms with Crippen molar-refractivity contribution in [2.75, 3.05) is 33.3 Å². The number of benzene rings is 2. The Labute approximate surface area is 208 Å². The molecule has 9 heteroatoms. The predicted molar refractivity (Wildman–Crippen MR) is 139 cm³/mol. The van der Waals surface area contributed by atoms with E-state index in [0.717, 1.165) is 44.2 Å². The summed E-state index contributed by atoms with van der Waals surface area (Å²) in [4.78, 5) is 7.26. The van der Waals surface area contributed by atoms with Crippen LogP contribution in [0.1, 0.15) is 24.5 Å². The number of nitrogens with one attached hydrogen (secondary N) is 2. The second-order valence-electron chi connectivity index (χ2n) is 7.63. The Morgan fingerprint density at radius 2 is 1.91 bits per heavy atom. The molecule has 176 valence electrons. The van der Waals surface area contributed by atoms with Gasteiger partial charge in [-0.15, -0.1) is 24.0 Å². The lowest BCUT2D eigenvalue weighted by molar-refractivity contribution is 0.0906. The second kappa shape index (κ2) is 13.1. The minimum Gasteiger partial charge on any atom is -0.376 e. The topological polar surface area (TPSA) is 83.0 Å². The SMILES string of the molecule is CCNC(=NCc1cccc(S(=O)(=O)NC)c1)N1CCC(COCc2ccccc2)C1.I. The normalized spacial score (nSPS) is 16.6. The smallest absolute Gasteiger partial charge is 0.240 e. The van der Waals surface area contributed by atoms with Crippen LogP contribution in [0.15, 0.2) is 64.5 Å². The number of halogens is 1. The minimum atomic E-state index is -3.46. The zero-order chi connectivity index (χ0) is 22.1. The first-order valence-corrected chi connectivity index (χ1v) is 12.2. The van der Waals surface area contributed by atoms with Gasteiger partial charge in [0.05, 0.1) is 24.7 Å². The van der Waals surface area contributed by atoms with Gasteiger partial charge in [0.15, 0.2) is 5.96 Å². The summed E-state index contributed by atoms with van der Waals surface area (Å²) in [6, 6.07) is 17.1. The summed E-state index contributed by atoms with van der Waals surface area (Å²) in [7, 11) is -2.05. The lowest BCUT2D eigenvalue weighted by atomic mass is 10.1. The van der Waals surface area contributed by atoms with E-state index >= 15 is 0 Å². The third kappa shape index (κ3) is 7.72. The molecule has 0 spiro atoms. The molecular weight excluding hydrogens is 539 g/mol. The van der Waals surface area contributed by atoms with Crippen molar-refractivity contribution < 1.29 is 13.2 Å². The van der Waals surface area contributed by atoms with Gasteiger partial charge >= 0.3 is 0 Å². The number of likely N-dealkylation sites (tertiary alicyclic amines) is 1. The molecule has 1 fully saturated rings. The maximum atomic E-state index is 12.0. The number of hydrogen-bond acceptors (Lipinski definition) is 4. The second-order valence-corrected chi connectivity index (χ2v) is 9.51. The fourth-order valence-electron chi connectivity index (χ4n) is 3.60. The molecule has 0 amide bonds. The van der Waals surface area contributed by atoms with Crippen LogP contribution < -0.4 is 10.0 Å². The van der Waals surface area contributed by atoms with Gasteiger partial charge in [-0.2, -0.15) is 0 Å². The number of rotatable bonds is 9. The van der Waals surface area contributed by atoms with Gasteiger partial charge in [0.2, 0.25) is 10.0 Å². The Balaban J connectivity index is 0.00000363. The molecule has 1 aliphatic heterocycles. The predicted octanol–water partition coefficient (Wildman–Crippen LogP) is 3.22. The van der Waals surface area contributed by atoms with Crippen molar-refractivity contribution >= 4 is 40.0 Å². The fourth-order valence-corrected chi connectivity index (χ4v) is 4.40. The highest BCUT2D eigenvalue weighted by Gasteiger charge is 2.25. The number of sulfonamides is 1. The summed E-state index contributed by atoms with van der Waals surface area (Å²) in [6.45, 7) is 6.44. The maximum Gasteiger partial charge on any atom is 0.240 e. The third-order valence-electron chi connectivity index (χ3n) is 5.27. The molecule has 0 radical (unpaired) electrons. The van der Waals surface area contributed by atoms with Crippen molar-refractivity contribution in [3.05, 3.63) is 65.7 Å².